The minimum Gasteiger partial charge on any atom is -0.486 e. The zero-order valence-electron chi connectivity index (χ0n) is 17.5. The lowest BCUT2D eigenvalue weighted by Gasteiger charge is -2.12. The van der Waals surface area contributed by atoms with E-state index in [0.717, 1.165) is 5.56 Å². The molecule has 3 aromatic carbocycles. The summed E-state index contributed by atoms with van der Waals surface area (Å²) in [5.74, 6) is -0.931. The number of anilines is 1. The smallest absolute Gasteiger partial charge is 0.335 e. The highest BCUT2D eigenvalue weighted by Gasteiger charge is 2.28. The van der Waals surface area contributed by atoms with Crippen LogP contribution in [0.15, 0.2) is 77.4 Å². The van der Waals surface area contributed by atoms with E-state index in [2.05, 4.69) is 5.10 Å². The Balaban J connectivity index is 1.52. The second-order valence-electron chi connectivity index (χ2n) is 7.30. The molecule has 1 aliphatic rings. The molecule has 166 valence electrons. The number of aromatic carboxylic acids is 1. The van der Waals surface area contributed by atoms with Crippen molar-refractivity contribution < 1.29 is 19.4 Å². The van der Waals surface area contributed by atoms with E-state index in [0.29, 0.717) is 28.3 Å². The van der Waals surface area contributed by atoms with E-state index in [1.54, 1.807) is 37.3 Å². The first-order valence-corrected chi connectivity index (χ1v) is 10.7. The number of nitrogens with zero attached hydrogens (tertiary/aromatic N) is 2. The molecule has 0 unspecified atom stereocenters. The van der Waals surface area contributed by atoms with Crippen molar-refractivity contribution in [3.05, 3.63) is 99.0 Å². The summed E-state index contributed by atoms with van der Waals surface area (Å²) in [6, 6.07) is 18.8. The van der Waals surface area contributed by atoms with Crippen LogP contribution in [0.2, 0.25) is 10.0 Å². The van der Waals surface area contributed by atoms with Gasteiger partial charge >= 0.3 is 5.97 Å². The van der Waals surface area contributed by atoms with Crippen molar-refractivity contribution in [1.29, 1.82) is 0 Å². The second-order valence-corrected chi connectivity index (χ2v) is 8.11. The minimum absolute atomic E-state index is 0.163. The summed E-state index contributed by atoms with van der Waals surface area (Å²) < 4.78 is 5.77. The zero-order valence-corrected chi connectivity index (χ0v) is 19.0. The van der Waals surface area contributed by atoms with Gasteiger partial charge < -0.3 is 9.84 Å². The number of hydrazone groups is 1. The van der Waals surface area contributed by atoms with Gasteiger partial charge in [-0.25, -0.2) is 4.79 Å². The summed E-state index contributed by atoms with van der Waals surface area (Å²) in [5.41, 5.74) is 3.30. The van der Waals surface area contributed by atoms with E-state index >= 15 is 0 Å². The number of carbonyl (C=O) groups is 2. The Morgan fingerprint density at radius 1 is 1.06 bits per heavy atom. The highest BCUT2D eigenvalue weighted by Crippen LogP contribution is 2.36. The molecule has 0 aliphatic carbocycles. The Morgan fingerprint density at radius 3 is 2.30 bits per heavy atom. The minimum atomic E-state index is -0.994. The number of carboxylic acids is 1. The quantitative estimate of drug-likeness (QED) is 0.433. The number of carbonyl (C=O) groups excluding carboxylic acids is 1. The van der Waals surface area contributed by atoms with E-state index in [-0.39, 0.29) is 28.1 Å². The van der Waals surface area contributed by atoms with Crippen molar-refractivity contribution in [1.82, 2.24) is 0 Å². The molecule has 6 nitrogen and oxygen atoms in total. The van der Waals surface area contributed by atoms with Gasteiger partial charge in [-0.1, -0.05) is 53.5 Å². The lowest BCUT2D eigenvalue weighted by atomic mass is 10.1. The molecule has 1 N–H and O–H groups in total. The van der Waals surface area contributed by atoms with Gasteiger partial charge in [0.25, 0.3) is 5.91 Å². The van der Waals surface area contributed by atoms with Gasteiger partial charge in [-0.05, 0) is 60.5 Å². The number of ether oxygens (including phenoxy) is 1. The van der Waals surface area contributed by atoms with Gasteiger partial charge in [0.15, 0.2) is 5.75 Å². The average Bonchev–Trinajstić information content (AvgIpc) is 3.08. The number of benzene rings is 3. The van der Waals surface area contributed by atoms with Crippen LogP contribution in [0.3, 0.4) is 0 Å². The van der Waals surface area contributed by atoms with E-state index in [1.807, 2.05) is 30.3 Å². The first kappa shape index (κ1) is 22.6. The third-order valence-corrected chi connectivity index (χ3v) is 5.54. The fourth-order valence-corrected chi connectivity index (χ4v) is 3.91. The Labute approximate surface area is 200 Å². The van der Waals surface area contributed by atoms with Gasteiger partial charge in [-0.3, -0.25) is 4.79 Å². The lowest BCUT2D eigenvalue weighted by Crippen LogP contribution is -2.21. The summed E-state index contributed by atoms with van der Waals surface area (Å²) in [6.45, 7) is 1.93. The van der Waals surface area contributed by atoms with Crippen LogP contribution < -0.4 is 9.75 Å². The lowest BCUT2D eigenvalue weighted by molar-refractivity contribution is -0.114. The normalized spacial score (nSPS) is 14.5. The van der Waals surface area contributed by atoms with Crippen LogP contribution in [0.1, 0.15) is 28.4 Å². The molecule has 0 aromatic heterocycles. The summed E-state index contributed by atoms with van der Waals surface area (Å²) >= 11 is 12.8. The maximum atomic E-state index is 12.9. The van der Waals surface area contributed by atoms with Gasteiger partial charge in [-0.2, -0.15) is 10.1 Å². The van der Waals surface area contributed by atoms with Gasteiger partial charge in [0.05, 0.1) is 32.6 Å². The maximum Gasteiger partial charge on any atom is 0.335 e. The van der Waals surface area contributed by atoms with Crippen molar-refractivity contribution in [2.24, 2.45) is 5.10 Å². The SMILES string of the molecule is CC1=NN(c2ccccc2)C(=O)/C1=C/c1cc(Cl)c(OCc2ccc(C(=O)O)cc2)c(Cl)c1. The summed E-state index contributed by atoms with van der Waals surface area (Å²) in [5, 5.41) is 15.3. The summed E-state index contributed by atoms with van der Waals surface area (Å²) in [4.78, 5) is 23.9. The topological polar surface area (TPSA) is 79.2 Å². The van der Waals surface area contributed by atoms with Crippen LogP contribution in [0.25, 0.3) is 6.08 Å². The van der Waals surface area contributed by atoms with Gasteiger partial charge in [-0.15, -0.1) is 0 Å². The fourth-order valence-electron chi connectivity index (χ4n) is 3.29. The number of halogens is 2. The van der Waals surface area contributed by atoms with Gasteiger partial charge in [0.2, 0.25) is 0 Å². The molecule has 4 rings (SSSR count). The maximum absolute atomic E-state index is 12.9. The van der Waals surface area contributed by atoms with E-state index < -0.39 is 5.97 Å². The third-order valence-electron chi connectivity index (χ3n) is 4.98. The summed E-state index contributed by atoms with van der Waals surface area (Å²) in [6.07, 6.45) is 1.69. The average molecular weight is 481 g/mol. The number of hydrogen-bond donors (Lipinski definition) is 1. The molecule has 8 heteroatoms. The second kappa shape index (κ2) is 9.48. The fraction of sp³-hybridized carbons (Fsp3) is 0.0800. The summed E-state index contributed by atoms with van der Waals surface area (Å²) in [7, 11) is 0. The van der Waals surface area contributed by atoms with Gasteiger partial charge in [0.1, 0.15) is 6.61 Å². The monoisotopic (exact) mass is 480 g/mol. The van der Waals surface area contributed by atoms with Crippen LogP contribution in [-0.4, -0.2) is 22.7 Å². The zero-order chi connectivity index (χ0) is 23.5. The largest absolute Gasteiger partial charge is 0.486 e. The molecule has 0 radical (unpaired) electrons. The van der Waals surface area contributed by atoms with Crippen molar-refractivity contribution >= 4 is 52.6 Å². The standard InChI is InChI=1S/C25H18Cl2N2O4/c1-15-20(24(30)29(28-15)19-5-3-2-4-6-19)11-17-12-21(26)23(22(27)13-17)33-14-16-7-9-18(10-8-16)25(31)32/h2-13H,14H2,1H3,(H,31,32)/b20-11+. The van der Waals surface area contributed by atoms with E-state index in [1.165, 1.54) is 17.1 Å². The molecule has 3 aromatic rings. The first-order chi connectivity index (χ1) is 15.8. The van der Waals surface area contributed by atoms with E-state index in [4.69, 9.17) is 33.0 Å². The van der Waals surface area contributed by atoms with Crippen LogP contribution in [0.5, 0.6) is 5.75 Å². The molecule has 0 saturated carbocycles. The van der Waals surface area contributed by atoms with Crippen molar-refractivity contribution in [2.75, 3.05) is 5.01 Å². The highest BCUT2D eigenvalue weighted by atomic mass is 35.5. The third kappa shape index (κ3) is 4.92. The van der Waals surface area contributed by atoms with E-state index in [9.17, 15) is 9.59 Å². The number of para-hydroxylation sites is 1. The number of rotatable bonds is 6. The van der Waals surface area contributed by atoms with Crippen LogP contribution >= 0.6 is 23.2 Å². The van der Waals surface area contributed by atoms with Crippen LogP contribution in [0, 0.1) is 0 Å². The Morgan fingerprint density at radius 2 is 1.70 bits per heavy atom. The highest BCUT2D eigenvalue weighted by molar-refractivity contribution is 6.37. The molecule has 1 aliphatic heterocycles. The van der Waals surface area contributed by atoms with Crippen molar-refractivity contribution in [3.8, 4) is 5.75 Å². The number of amides is 1. The Hall–Kier alpha value is -3.61. The van der Waals surface area contributed by atoms with Crippen molar-refractivity contribution in [3.63, 3.8) is 0 Å². The van der Waals surface area contributed by atoms with Crippen LogP contribution in [-0.2, 0) is 11.4 Å². The molecule has 1 amide bonds. The molecule has 0 bridgehead atoms. The van der Waals surface area contributed by atoms with Crippen molar-refractivity contribution in [2.45, 2.75) is 13.5 Å². The Bertz CT molecular complexity index is 1260. The number of carboxylic acid groups (broad SMARTS) is 1. The molecule has 33 heavy (non-hydrogen) atoms. The number of hydrogen-bond acceptors (Lipinski definition) is 4. The molecular weight excluding hydrogens is 463 g/mol. The van der Waals surface area contributed by atoms with Gasteiger partial charge in [0, 0.05) is 0 Å². The molecule has 0 saturated heterocycles. The predicted molar refractivity (Wildman–Crippen MR) is 129 cm³/mol. The Kier molecular flexibility index (Phi) is 6.49. The molecular formula is C25H18Cl2N2O4. The molecule has 0 fully saturated rings. The molecule has 0 spiro atoms. The molecule has 1 heterocycles. The molecule has 0 atom stereocenters. The van der Waals surface area contributed by atoms with Crippen LogP contribution in [0.4, 0.5) is 5.69 Å². The predicted octanol–water partition coefficient (Wildman–Crippen LogP) is 6.08. The first-order valence-electron chi connectivity index (χ1n) is 9.94.